The number of methoxy groups -OCH3 is 1. The third-order valence-corrected chi connectivity index (χ3v) is 6.45. The van der Waals surface area contributed by atoms with Gasteiger partial charge in [-0.2, -0.15) is 0 Å². The molecule has 8 nitrogen and oxygen atoms in total. The molecule has 0 radical (unpaired) electrons. The molecule has 10 heteroatoms. The van der Waals surface area contributed by atoms with Gasteiger partial charge in [-0.3, -0.25) is 5.32 Å². The Labute approximate surface area is 215 Å². The summed E-state index contributed by atoms with van der Waals surface area (Å²) in [5.41, 5.74) is 2.18. The van der Waals surface area contributed by atoms with Crippen LogP contribution in [0.2, 0.25) is 0 Å². The number of benzene rings is 2. The van der Waals surface area contributed by atoms with Gasteiger partial charge in [0.2, 0.25) is 0 Å². The fourth-order valence-corrected chi connectivity index (χ4v) is 4.56. The molecule has 3 N–H and O–H groups in total. The highest BCUT2D eigenvalue weighted by Gasteiger charge is 2.37. The van der Waals surface area contributed by atoms with Crippen molar-refractivity contribution in [2.75, 3.05) is 37.4 Å². The van der Waals surface area contributed by atoms with Gasteiger partial charge in [-0.15, -0.1) is 0 Å². The van der Waals surface area contributed by atoms with Crippen LogP contribution in [0, 0.1) is 0 Å². The molecule has 0 atom stereocenters. The molecule has 0 saturated carbocycles. The number of amides is 1. The molecule has 2 heterocycles. The maximum Gasteiger partial charge on any atom is 0.413 e. The number of fused-ring (bicyclic) bond motifs is 1. The van der Waals surface area contributed by atoms with E-state index in [0.29, 0.717) is 5.11 Å². The van der Waals surface area contributed by atoms with Gasteiger partial charge in [0.1, 0.15) is 17.1 Å². The van der Waals surface area contributed by atoms with Crippen molar-refractivity contribution in [3.05, 3.63) is 54.1 Å². The molecule has 1 amide bonds. The molecule has 35 heavy (non-hydrogen) atoms. The van der Waals surface area contributed by atoms with Crippen molar-refractivity contribution in [2.24, 2.45) is 0 Å². The minimum absolute atomic E-state index is 0.172. The van der Waals surface area contributed by atoms with E-state index >= 15 is 0 Å². The maximum atomic E-state index is 11.5. The molecule has 2 aliphatic rings. The first-order valence-corrected chi connectivity index (χ1v) is 12.2. The van der Waals surface area contributed by atoms with Gasteiger partial charge in [0.15, 0.2) is 10.2 Å². The van der Waals surface area contributed by atoms with Gasteiger partial charge in [0.05, 0.1) is 19.4 Å². The zero-order chi connectivity index (χ0) is 24.8. The van der Waals surface area contributed by atoms with Crippen molar-refractivity contribution in [1.82, 2.24) is 10.2 Å². The highest BCUT2D eigenvalue weighted by atomic mass is 32.1. The van der Waals surface area contributed by atoms with Crippen LogP contribution in [0.15, 0.2) is 48.5 Å². The predicted molar refractivity (Wildman–Crippen MR) is 145 cm³/mol. The summed E-state index contributed by atoms with van der Waals surface area (Å²) in [5.74, 6) is 1.57. The van der Waals surface area contributed by atoms with E-state index in [-0.39, 0.29) is 17.3 Å². The van der Waals surface area contributed by atoms with E-state index in [2.05, 4.69) is 33.0 Å². The fraction of sp³-hybridized carbons (Fsp3) is 0.320. The second-order valence-electron chi connectivity index (χ2n) is 8.17. The van der Waals surface area contributed by atoms with E-state index in [0.717, 1.165) is 54.4 Å². The van der Waals surface area contributed by atoms with Crippen LogP contribution in [0.25, 0.3) is 6.08 Å². The summed E-state index contributed by atoms with van der Waals surface area (Å²) in [6, 6.07) is 13.4. The monoisotopic (exact) mass is 512 g/mol. The van der Waals surface area contributed by atoms with Crippen LogP contribution in [-0.2, 0) is 4.74 Å². The standard InChI is InChI=1S/C25H28N4O4S2/c1-3-32-24(30)28-22(34)26-18-8-9-20-17(16-18)10-11-25(33-20)12-14-29(15-13-25)23(35)27-19-6-4-5-7-21(19)31-2/h4-11,16H,3,12-15H2,1-2H3,(H,27,35)(H2,26,28,30,34). The lowest BCUT2D eigenvalue weighted by atomic mass is 9.88. The van der Waals surface area contributed by atoms with Gasteiger partial charge in [0, 0.05) is 37.2 Å². The molecule has 184 valence electrons. The van der Waals surface area contributed by atoms with E-state index in [9.17, 15) is 4.79 Å². The fourth-order valence-electron chi connectivity index (χ4n) is 4.07. The van der Waals surface area contributed by atoms with Crippen LogP contribution >= 0.6 is 24.4 Å². The summed E-state index contributed by atoms with van der Waals surface area (Å²) in [6.07, 6.45) is 5.24. The molecule has 0 unspecified atom stereocenters. The van der Waals surface area contributed by atoms with Crippen molar-refractivity contribution >= 4 is 58.2 Å². The molecule has 1 spiro atoms. The molecule has 2 aliphatic heterocycles. The first kappa shape index (κ1) is 24.7. The maximum absolute atomic E-state index is 11.5. The number of anilines is 2. The Kier molecular flexibility index (Phi) is 7.72. The lowest BCUT2D eigenvalue weighted by Crippen LogP contribution is -2.50. The zero-order valence-corrected chi connectivity index (χ0v) is 21.3. The van der Waals surface area contributed by atoms with Gasteiger partial charge in [0.25, 0.3) is 0 Å². The number of thiocarbonyl (C=S) groups is 2. The molecule has 0 aromatic heterocycles. The molecule has 2 aromatic rings. The predicted octanol–water partition coefficient (Wildman–Crippen LogP) is 4.78. The van der Waals surface area contributed by atoms with Gasteiger partial charge in [-0.25, -0.2) is 4.79 Å². The topological polar surface area (TPSA) is 84.1 Å². The minimum atomic E-state index is -0.586. The number of alkyl carbamates (subject to hydrolysis) is 1. The second-order valence-corrected chi connectivity index (χ2v) is 8.96. The molecule has 1 fully saturated rings. The molecule has 2 aromatic carbocycles. The Morgan fingerprint density at radius 2 is 1.91 bits per heavy atom. The average molecular weight is 513 g/mol. The number of likely N-dealkylation sites (tertiary alicyclic amines) is 1. The molecule has 4 rings (SSSR count). The molecular formula is C25H28N4O4S2. The summed E-state index contributed by atoms with van der Waals surface area (Å²) >= 11 is 10.8. The lowest BCUT2D eigenvalue weighted by Gasteiger charge is -2.42. The average Bonchev–Trinajstić information content (AvgIpc) is 2.85. The Balaban J connectivity index is 1.34. The third kappa shape index (κ3) is 6.01. The van der Waals surface area contributed by atoms with E-state index in [1.807, 2.05) is 42.5 Å². The number of nitrogens with one attached hydrogen (secondary N) is 3. The van der Waals surface area contributed by atoms with Gasteiger partial charge in [-0.1, -0.05) is 18.2 Å². The van der Waals surface area contributed by atoms with Crippen molar-refractivity contribution < 1.29 is 19.0 Å². The number of hydrogen-bond acceptors (Lipinski definition) is 6. The highest BCUT2D eigenvalue weighted by molar-refractivity contribution is 7.80. The van der Waals surface area contributed by atoms with Crippen molar-refractivity contribution in [3.8, 4) is 11.5 Å². The first-order chi connectivity index (χ1) is 16.9. The number of carbonyl (C=O) groups is 1. The van der Waals surface area contributed by atoms with Crippen LogP contribution in [0.4, 0.5) is 16.2 Å². The lowest BCUT2D eigenvalue weighted by molar-refractivity contribution is 0.0594. The number of rotatable bonds is 4. The van der Waals surface area contributed by atoms with Crippen molar-refractivity contribution in [1.29, 1.82) is 0 Å². The Bertz CT molecular complexity index is 1150. The summed E-state index contributed by atoms with van der Waals surface area (Å²) in [4.78, 5) is 13.7. The van der Waals surface area contributed by atoms with Gasteiger partial charge >= 0.3 is 6.09 Å². The van der Waals surface area contributed by atoms with Crippen LogP contribution in [-0.4, -0.2) is 53.6 Å². The third-order valence-electron chi connectivity index (χ3n) is 5.88. The summed E-state index contributed by atoms with van der Waals surface area (Å²) < 4.78 is 16.7. The first-order valence-electron chi connectivity index (χ1n) is 11.4. The van der Waals surface area contributed by atoms with E-state index in [1.165, 1.54) is 0 Å². The number of ether oxygens (including phenoxy) is 3. The number of hydrogen-bond donors (Lipinski definition) is 3. The van der Waals surface area contributed by atoms with Crippen molar-refractivity contribution in [3.63, 3.8) is 0 Å². The van der Waals surface area contributed by atoms with Crippen LogP contribution in [0.3, 0.4) is 0 Å². The Hall–Kier alpha value is -3.37. The number of carbonyl (C=O) groups excluding carboxylic acids is 1. The second kappa shape index (κ2) is 10.9. The van der Waals surface area contributed by atoms with Crippen LogP contribution in [0.1, 0.15) is 25.3 Å². The minimum Gasteiger partial charge on any atom is -0.495 e. The number of piperidine rings is 1. The largest absolute Gasteiger partial charge is 0.495 e. The van der Waals surface area contributed by atoms with Gasteiger partial charge < -0.3 is 29.7 Å². The normalized spacial score (nSPS) is 15.4. The van der Waals surface area contributed by atoms with E-state index in [1.54, 1.807) is 14.0 Å². The number of nitrogens with zero attached hydrogens (tertiary/aromatic N) is 1. The highest BCUT2D eigenvalue weighted by Crippen LogP contribution is 2.38. The molecule has 0 aliphatic carbocycles. The van der Waals surface area contributed by atoms with E-state index < -0.39 is 6.09 Å². The Morgan fingerprint density at radius 1 is 1.14 bits per heavy atom. The smallest absolute Gasteiger partial charge is 0.413 e. The summed E-state index contributed by atoms with van der Waals surface area (Å²) in [6.45, 7) is 3.55. The SMILES string of the molecule is CCOC(=O)NC(=S)Nc1ccc2c(c1)C=CC1(CCN(C(=S)Nc3ccccc3OC)CC1)O2. The van der Waals surface area contributed by atoms with Crippen LogP contribution in [0.5, 0.6) is 11.5 Å². The van der Waals surface area contributed by atoms with Crippen molar-refractivity contribution in [2.45, 2.75) is 25.4 Å². The zero-order valence-electron chi connectivity index (χ0n) is 19.6. The van der Waals surface area contributed by atoms with E-state index in [4.69, 9.17) is 38.6 Å². The molecule has 1 saturated heterocycles. The Morgan fingerprint density at radius 3 is 2.66 bits per heavy atom. The quantitative estimate of drug-likeness (QED) is 0.502. The number of para-hydroxylation sites is 2. The molecular weight excluding hydrogens is 484 g/mol. The summed E-state index contributed by atoms with van der Waals surface area (Å²) in [7, 11) is 1.65. The molecule has 0 bridgehead atoms. The van der Waals surface area contributed by atoms with Crippen LogP contribution < -0.4 is 25.4 Å². The summed E-state index contributed by atoms with van der Waals surface area (Å²) in [5, 5.41) is 9.61. The van der Waals surface area contributed by atoms with Gasteiger partial charge in [-0.05, 0) is 67.8 Å².